The lowest BCUT2D eigenvalue weighted by atomic mass is 10.1. The molecule has 102 valence electrons. The third-order valence-electron chi connectivity index (χ3n) is 2.77. The number of ether oxygens (including phenoxy) is 1. The third-order valence-corrected chi connectivity index (χ3v) is 2.77. The minimum atomic E-state index is -0.371. The van der Waals surface area contributed by atoms with Gasteiger partial charge < -0.3 is 9.15 Å². The topological polar surface area (TPSA) is 73.6 Å². The monoisotopic (exact) mass is 272 g/mol. The average molecular weight is 272 g/mol. The van der Waals surface area contributed by atoms with E-state index in [1.807, 2.05) is 0 Å². The molecule has 0 saturated heterocycles. The van der Waals surface area contributed by atoms with Crippen molar-refractivity contribution in [1.82, 2.24) is 0 Å². The van der Waals surface area contributed by atoms with Crippen molar-refractivity contribution >= 4 is 29.3 Å². The van der Waals surface area contributed by atoms with Crippen molar-refractivity contribution in [2.45, 2.75) is 6.42 Å². The molecule has 0 spiro atoms. The predicted octanol–water partition coefficient (Wildman–Crippen LogP) is 2.18. The molecule has 1 aromatic heterocycles. The highest BCUT2D eigenvalue weighted by molar-refractivity contribution is 5.85. The van der Waals surface area contributed by atoms with Crippen molar-refractivity contribution in [3.63, 3.8) is 0 Å². The Balaban J connectivity index is 2.37. The van der Waals surface area contributed by atoms with Crippen LogP contribution in [-0.2, 0) is 9.53 Å². The van der Waals surface area contributed by atoms with E-state index in [1.54, 1.807) is 30.4 Å². The molecule has 5 nitrogen and oxygen atoms in total. The Labute approximate surface area is 114 Å². The van der Waals surface area contributed by atoms with Crippen molar-refractivity contribution in [2.24, 2.45) is 0 Å². The SMILES string of the molecule is COC(=O)CC=Cc1ccc2occ(C=O)c(=O)c2c1. The molecule has 2 rings (SSSR count). The standard InChI is InChI=1S/C15H12O5/c1-19-14(17)4-2-3-10-5-6-13-12(7-10)15(18)11(8-16)9-20-13/h2-3,5-9H,4H2,1H3. The summed E-state index contributed by atoms with van der Waals surface area (Å²) in [5.41, 5.74) is 0.750. The van der Waals surface area contributed by atoms with Crippen LogP contribution in [0.2, 0.25) is 0 Å². The first-order valence-corrected chi connectivity index (χ1v) is 5.90. The summed E-state index contributed by atoms with van der Waals surface area (Å²) in [7, 11) is 1.32. The van der Waals surface area contributed by atoms with Gasteiger partial charge in [-0.1, -0.05) is 18.2 Å². The van der Waals surface area contributed by atoms with Crippen LogP contribution in [0, 0.1) is 0 Å². The molecule has 0 atom stereocenters. The van der Waals surface area contributed by atoms with Crippen molar-refractivity contribution in [3.8, 4) is 0 Å². The maximum Gasteiger partial charge on any atom is 0.309 e. The minimum absolute atomic E-state index is 0.0202. The second-order valence-electron chi connectivity index (χ2n) is 4.08. The molecule has 20 heavy (non-hydrogen) atoms. The number of rotatable bonds is 4. The first-order valence-electron chi connectivity index (χ1n) is 5.90. The molecule has 2 aromatic rings. The molecule has 0 aliphatic rings. The van der Waals surface area contributed by atoms with E-state index in [0.717, 1.165) is 11.8 Å². The Morgan fingerprint density at radius 1 is 1.40 bits per heavy atom. The maximum absolute atomic E-state index is 12.0. The van der Waals surface area contributed by atoms with E-state index in [-0.39, 0.29) is 23.4 Å². The smallest absolute Gasteiger partial charge is 0.309 e. The zero-order valence-corrected chi connectivity index (χ0v) is 10.8. The van der Waals surface area contributed by atoms with Gasteiger partial charge in [0.15, 0.2) is 6.29 Å². The highest BCUT2D eigenvalue weighted by Gasteiger charge is 2.06. The van der Waals surface area contributed by atoms with Crippen LogP contribution in [0.3, 0.4) is 0 Å². The molecule has 0 radical (unpaired) electrons. The highest BCUT2D eigenvalue weighted by Crippen LogP contribution is 2.14. The number of hydrogen-bond donors (Lipinski definition) is 0. The van der Waals surface area contributed by atoms with Crippen molar-refractivity contribution < 1.29 is 18.7 Å². The summed E-state index contributed by atoms with van der Waals surface area (Å²) >= 11 is 0. The van der Waals surface area contributed by atoms with Gasteiger partial charge in [-0.2, -0.15) is 0 Å². The van der Waals surface area contributed by atoms with E-state index in [1.165, 1.54) is 7.11 Å². The zero-order valence-electron chi connectivity index (χ0n) is 10.8. The lowest BCUT2D eigenvalue weighted by molar-refractivity contribution is -0.139. The van der Waals surface area contributed by atoms with Crippen LogP contribution in [0.4, 0.5) is 0 Å². The first kappa shape index (κ1) is 13.7. The Bertz CT molecular complexity index is 740. The van der Waals surface area contributed by atoms with Gasteiger partial charge in [0.05, 0.1) is 24.5 Å². The second kappa shape index (κ2) is 5.97. The molecule has 0 amide bonds. The summed E-state index contributed by atoms with van der Waals surface area (Å²) in [6.07, 6.45) is 5.09. The fraction of sp³-hybridized carbons (Fsp3) is 0.133. The van der Waals surface area contributed by atoms with E-state index in [0.29, 0.717) is 17.3 Å². The molecule has 0 aliphatic heterocycles. The van der Waals surface area contributed by atoms with Crippen molar-refractivity contribution in [1.29, 1.82) is 0 Å². The number of benzene rings is 1. The summed E-state index contributed by atoms with van der Waals surface area (Å²) in [5, 5.41) is 0.329. The number of hydrogen-bond acceptors (Lipinski definition) is 5. The van der Waals surface area contributed by atoms with Crippen LogP contribution in [-0.4, -0.2) is 19.4 Å². The Morgan fingerprint density at radius 3 is 2.90 bits per heavy atom. The van der Waals surface area contributed by atoms with Gasteiger partial charge in [-0.25, -0.2) is 0 Å². The van der Waals surface area contributed by atoms with Gasteiger partial charge in [-0.15, -0.1) is 0 Å². The van der Waals surface area contributed by atoms with Crippen LogP contribution >= 0.6 is 0 Å². The first-order chi connectivity index (χ1) is 9.65. The Hall–Kier alpha value is -2.69. The summed E-state index contributed by atoms with van der Waals surface area (Å²) in [4.78, 5) is 33.6. The van der Waals surface area contributed by atoms with Gasteiger partial charge in [0.2, 0.25) is 5.43 Å². The molecular weight excluding hydrogens is 260 g/mol. The fourth-order valence-electron chi connectivity index (χ4n) is 1.72. The largest absolute Gasteiger partial charge is 0.469 e. The van der Waals surface area contributed by atoms with Gasteiger partial charge in [-0.05, 0) is 17.7 Å². The normalized spacial score (nSPS) is 10.8. The van der Waals surface area contributed by atoms with E-state index in [2.05, 4.69) is 4.74 Å². The molecule has 1 heterocycles. The number of fused-ring (bicyclic) bond motifs is 1. The number of methoxy groups -OCH3 is 1. The molecule has 5 heteroatoms. The average Bonchev–Trinajstić information content (AvgIpc) is 2.48. The highest BCUT2D eigenvalue weighted by atomic mass is 16.5. The van der Waals surface area contributed by atoms with Gasteiger partial charge in [0.25, 0.3) is 0 Å². The summed E-state index contributed by atoms with van der Waals surface area (Å²) < 4.78 is 9.71. The number of carbonyl (C=O) groups excluding carboxylic acids is 2. The van der Waals surface area contributed by atoms with Crippen LogP contribution < -0.4 is 5.43 Å². The lowest BCUT2D eigenvalue weighted by Gasteiger charge is -1.99. The molecule has 0 N–H and O–H groups in total. The molecule has 0 saturated carbocycles. The van der Waals surface area contributed by atoms with Gasteiger partial charge in [0.1, 0.15) is 11.8 Å². The molecule has 1 aromatic carbocycles. The van der Waals surface area contributed by atoms with Crippen molar-refractivity contribution in [3.05, 3.63) is 51.9 Å². The number of esters is 1. The van der Waals surface area contributed by atoms with Crippen LogP contribution in [0.15, 0.2) is 39.7 Å². The lowest BCUT2D eigenvalue weighted by Crippen LogP contribution is -2.07. The molecule has 0 unspecified atom stereocenters. The van der Waals surface area contributed by atoms with E-state index >= 15 is 0 Å². The van der Waals surface area contributed by atoms with Crippen LogP contribution in [0.25, 0.3) is 17.0 Å². The molecule has 0 fully saturated rings. The minimum Gasteiger partial charge on any atom is -0.469 e. The summed E-state index contributed by atoms with van der Waals surface area (Å²) in [6, 6.07) is 5.00. The van der Waals surface area contributed by atoms with Crippen LogP contribution in [0.1, 0.15) is 22.3 Å². The number of aldehydes is 1. The second-order valence-corrected chi connectivity index (χ2v) is 4.08. The molecule has 0 aliphatic carbocycles. The quantitative estimate of drug-likeness (QED) is 0.630. The zero-order chi connectivity index (χ0) is 14.5. The summed E-state index contributed by atoms with van der Waals surface area (Å²) in [6.45, 7) is 0. The predicted molar refractivity (Wildman–Crippen MR) is 73.5 cm³/mol. The molecule has 0 bridgehead atoms. The Kier molecular flexibility index (Phi) is 4.10. The van der Waals surface area contributed by atoms with E-state index in [9.17, 15) is 14.4 Å². The fourth-order valence-corrected chi connectivity index (χ4v) is 1.72. The maximum atomic E-state index is 12.0. The van der Waals surface area contributed by atoms with E-state index in [4.69, 9.17) is 4.42 Å². The van der Waals surface area contributed by atoms with E-state index < -0.39 is 0 Å². The molecular formula is C15H12O5. The van der Waals surface area contributed by atoms with Gasteiger partial charge in [-0.3, -0.25) is 14.4 Å². The van der Waals surface area contributed by atoms with Crippen molar-refractivity contribution in [2.75, 3.05) is 7.11 Å². The van der Waals surface area contributed by atoms with Gasteiger partial charge in [0, 0.05) is 0 Å². The number of carbonyl (C=O) groups is 2. The Morgan fingerprint density at radius 2 is 2.20 bits per heavy atom. The third kappa shape index (κ3) is 2.83. The summed E-state index contributed by atoms with van der Waals surface area (Å²) in [5.74, 6) is -0.343. The van der Waals surface area contributed by atoms with Gasteiger partial charge >= 0.3 is 5.97 Å². The van der Waals surface area contributed by atoms with Crippen LogP contribution in [0.5, 0.6) is 0 Å².